The molecule has 1 amide bonds. The van der Waals surface area contributed by atoms with Crippen molar-refractivity contribution in [1.82, 2.24) is 10.2 Å². The zero-order valence-electron chi connectivity index (χ0n) is 16.5. The van der Waals surface area contributed by atoms with Gasteiger partial charge < -0.3 is 9.73 Å². The molecule has 1 atom stereocenters. The highest BCUT2D eigenvalue weighted by atomic mass is 32.2. The van der Waals surface area contributed by atoms with Gasteiger partial charge in [0, 0.05) is 17.8 Å². The minimum absolute atomic E-state index is 0.0744. The quantitative estimate of drug-likeness (QED) is 0.571. The van der Waals surface area contributed by atoms with Crippen LogP contribution >= 0.6 is 0 Å². The lowest BCUT2D eigenvalue weighted by Crippen LogP contribution is -2.34. The van der Waals surface area contributed by atoms with Crippen LogP contribution in [0.3, 0.4) is 0 Å². The molecule has 0 bridgehead atoms. The first kappa shape index (κ1) is 21.5. The third-order valence-electron chi connectivity index (χ3n) is 4.45. The van der Waals surface area contributed by atoms with Crippen LogP contribution in [0.1, 0.15) is 22.2 Å². The van der Waals surface area contributed by atoms with E-state index < -0.39 is 21.7 Å². The lowest BCUT2D eigenvalue weighted by atomic mass is 10.2. The van der Waals surface area contributed by atoms with Crippen LogP contribution in [0.25, 0.3) is 0 Å². The SMILES string of the molecule is CN(C)[C@@H](CNC(=O)c1cccc(S(=O)(=O)Nc2ccc(F)cc2)c1)c1ccco1. The molecule has 3 rings (SSSR count). The zero-order chi connectivity index (χ0) is 21.7. The fourth-order valence-corrected chi connectivity index (χ4v) is 3.95. The van der Waals surface area contributed by atoms with E-state index in [1.807, 2.05) is 25.1 Å². The Morgan fingerprint density at radius 1 is 1.10 bits per heavy atom. The molecule has 0 spiro atoms. The van der Waals surface area contributed by atoms with E-state index in [9.17, 15) is 17.6 Å². The number of likely N-dealkylation sites (N-methyl/N-ethyl adjacent to an activating group) is 1. The predicted octanol–water partition coefficient (Wildman–Crippen LogP) is 3.25. The van der Waals surface area contributed by atoms with E-state index >= 15 is 0 Å². The maximum atomic E-state index is 13.0. The second-order valence-electron chi connectivity index (χ2n) is 6.85. The monoisotopic (exact) mass is 431 g/mol. The number of furan rings is 1. The van der Waals surface area contributed by atoms with Gasteiger partial charge in [-0.15, -0.1) is 0 Å². The number of sulfonamides is 1. The molecule has 0 aliphatic heterocycles. The highest BCUT2D eigenvalue weighted by Crippen LogP contribution is 2.19. The lowest BCUT2D eigenvalue weighted by Gasteiger charge is -2.22. The fraction of sp³-hybridized carbons (Fsp3) is 0.190. The van der Waals surface area contributed by atoms with Crippen molar-refractivity contribution in [2.24, 2.45) is 0 Å². The van der Waals surface area contributed by atoms with Gasteiger partial charge in [-0.1, -0.05) is 6.07 Å². The Morgan fingerprint density at radius 3 is 2.47 bits per heavy atom. The van der Waals surface area contributed by atoms with Gasteiger partial charge in [-0.2, -0.15) is 0 Å². The van der Waals surface area contributed by atoms with Crippen molar-refractivity contribution in [3.05, 3.63) is 84.1 Å². The summed E-state index contributed by atoms with van der Waals surface area (Å²) in [6.07, 6.45) is 1.57. The summed E-state index contributed by atoms with van der Waals surface area (Å²) in [5, 5.41) is 2.81. The molecule has 1 aromatic heterocycles. The molecule has 2 aromatic carbocycles. The molecule has 2 N–H and O–H groups in total. The largest absolute Gasteiger partial charge is 0.468 e. The van der Waals surface area contributed by atoms with E-state index in [-0.39, 0.29) is 28.7 Å². The highest BCUT2D eigenvalue weighted by molar-refractivity contribution is 7.92. The van der Waals surface area contributed by atoms with Crippen LogP contribution in [0.2, 0.25) is 0 Å². The van der Waals surface area contributed by atoms with Gasteiger partial charge in [0.1, 0.15) is 11.6 Å². The van der Waals surface area contributed by atoms with Crippen molar-refractivity contribution in [1.29, 1.82) is 0 Å². The Balaban J connectivity index is 1.72. The van der Waals surface area contributed by atoms with E-state index in [4.69, 9.17) is 4.42 Å². The molecule has 0 saturated heterocycles. The summed E-state index contributed by atoms with van der Waals surface area (Å²) in [4.78, 5) is 14.4. The van der Waals surface area contributed by atoms with E-state index in [2.05, 4.69) is 10.0 Å². The number of nitrogens with one attached hydrogen (secondary N) is 2. The normalized spacial score (nSPS) is 12.5. The van der Waals surface area contributed by atoms with Crippen LogP contribution in [0.5, 0.6) is 0 Å². The third-order valence-corrected chi connectivity index (χ3v) is 5.83. The van der Waals surface area contributed by atoms with Crippen molar-refractivity contribution >= 4 is 21.6 Å². The summed E-state index contributed by atoms with van der Waals surface area (Å²) < 4.78 is 46.0. The van der Waals surface area contributed by atoms with Crippen molar-refractivity contribution in [3.8, 4) is 0 Å². The minimum Gasteiger partial charge on any atom is -0.468 e. The van der Waals surface area contributed by atoms with Crippen LogP contribution in [0, 0.1) is 5.82 Å². The van der Waals surface area contributed by atoms with E-state index in [0.717, 1.165) is 12.1 Å². The summed E-state index contributed by atoms with van der Waals surface area (Å²) in [5.74, 6) is -0.172. The Kier molecular flexibility index (Phi) is 6.53. The second-order valence-corrected chi connectivity index (χ2v) is 8.53. The van der Waals surface area contributed by atoms with E-state index in [0.29, 0.717) is 5.76 Å². The Hall–Kier alpha value is -3.17. The fourth-order valence-electron chi connectivity index (χ4n) is 2.85. The summed E-state index contributed by atoms with van der Waals surface area (Å²) in [7, 11) is -0.201. The second kappa shape index (κ2) is 9.10. The summed E-state index contributed by atoms with van der Waals surface area (Å²) in [6, 6.07) is 14.1. The number of amides is 1. The Bertz CT molecular complexity index is 1100. The average molecular weight is 431 g/mol. The van der Waals surface area contributed by atoms with Gasteiger partial charge in [0.2, 0.25) is 0 Å². The number of carbonyl (C=O) groups is 1. The summed E-state index contributed by atoms with van der Waals surface area (Å²) >= 11 is 0. The van der Waals surface area contributed by atoms with Crippen LogP contribution < -0.4 is 10.0 Å². The van der Waals surface area contributed by atoms with Gasteiger partial charge in [0.15, 0.2) is 0 Å². The first-order valence-corrected chi connectivity index (χ1v) is 10.6. The smallest absolute Gasteiger partial charge is 0.261 e. The minimum atomic E-state index is -3.94. The maximum Gasteiger partial charge on any atom is 0.261 e. The molecule has 0 radical (unpaired) electrons. The standard InChI is InChI=1S/C21H22FN3O4S/c1-25(2)19(20-7-4-12-29-20)14-23-21(26)15-5-3-6-18(13-15)30(27,28)24-17-10-8-16(22)9-11-17/h3-13,19,24H,14H2,1-2H3,(H,23,26)/t19-/m0/s1. The molecule has 0 aliphatic carbocycles. The van der Waals surface area contributed by atoms with Crippen LogP contribution in [-0.4, -0.2) is 39.9 Å². The number of hydrogen-bond donors (Lipinski definition) is 2. The third kappa shape index (κ3) is 5.25. The molecular formula is C21H22FN3O4S. The Morgan fingerprint density at radius 2 is 1.83 bits per heavy atom. The molecule has 0 saturated carbocycles. The van der Waals surface area contributed by atoms with Crippen molar-refractivity contribution in [2.45, 2.75) is 10.9 Å². The van der Waals surface area contributed by atoms with Crippen molar-refractivity contribution in [2.75, 3.05) is 25.4 Å². The molecule has 1 heterocycles. The van der Waals surface area contributed by atoms with Gasteiger partial charge in [0.25, 0.3) is 15.9 Å². The summed E-state index contributed by atoms with van der Waals surface area (Å²) in [5.41, 5.74) is 0.424. The van der Waals surface area contributed by atoms with Gasteiger partial charge in [-0.3, -0.25) is 14.4 Å². The number of nitrogens with zero attached hydrogens (tertiary/aromatic N) is 1. The maximum absolute atomic E-state index is 13.0. The van der Waals surface area contributed by atoms with Crippen LogP contribution in [0.4, 0.5) is 10.1 Å². The molecule has 3 aromatic rings. The highest BCUT2D eigenvalue weighted by Gasteiger charge is 2.20. The van der Waals surface area contributed by atoms with Crippen LogP contribution in [-0.2, 0) is 10.0 Å². The molecule has 30 heavy (non-hydrogen) atoms. The molecule has 0 aliphatic rings. The van der Waals surface area contributed by atoms with Gasteiger partial charge >= 0.3 is 0 Å². The van der Waals surface area contributed by atoms with Gasteiger partial charge in [-0.05, 0) is 68.7 Å². The van der Waals surface area contributed by atoms with E-state index in [1.54, 1.807) is 12.3 Å². The first-order valence-electron chi connectivity index (χ1n) is 9.13. The topological polar surface area (TPSA) is 91.7 Å². The number of halogens is 1. The lowest BCUT2D eigenvalue weighted by molar-refractivity contribution is 0.0939. The number of benzene rings is 2. The molecule has 0 fully saturated rings. The number of hydrogen-bond acceptors (Lipinski definition) is 5. The first-order chi connectivity index (χ1) is 14.3. The van der Waals surface area contributed by atoms with Crippen molar-refractivity contribution < 1.29 is 22.0 Å². The summed E-state index contributed by atoms with van der Waals surface area (Å²) in [6.45, 7) is 0.282. The van der Waals surface area contributed by atoms with Gasteiger partial charge in [0.05, 0.1) is 17.2 Å². The van der Waals surface area contributed by atoms with E-state index in [1.165, 1.54) is 36.4 Å². The average Bonchev–Trinajstić information content (AvgIpc) is 3.24. The molecular weight excluding hydrogens is 409 g/mol. The van der Waals surface area contributed by atoms with Crippen LogP contribution in [0.15, 0.2) is 76.2 Å². The molecule has 9 heteroatoms. The number of anilines is 1. The van der Waals surface area contributed by atoms with Crippen molar-refractivity contribution in [3.63, 3.8) is 0 Å². The Labute approximate surface area is 174 Å². The number of rotatable bonds is 8. The zero-order valence-corrected chi connectivity index (χ0v) is 17.3. The van der Waals surface area contributed by atoms with Gasteiger partial charge in [-0.25, -0.2) is 12.8 Å². The molecule has 7 nitrogen and oxygen atoms in total. The molecule has 0 unspecified atom stereocenters. The molecule has 158 valence electrons. The predicted molar refractivity (Wildman–Crippen MR) is 111 cm³/mol. The number of carbonyl (C=O) groups excluding carboxylic acids is 1.